The molecule has 0 saturated carbocycles. The van der Waals surface area contributed by atoms with Crippen LogP contribution in [0, 0.1) is 6.10 Å². The van der Waals surface area contributed by atoms with Crippen LogP contribution in [0.25, 0.3) is 0 Å². The highest BCUT2D eigenvalue weighted by molar-refractivity contribution is 5.68. The minimum absolute atomic E-state index is 0.0768. The molecule has 0 heterocycles. The van der Waals surface area contributed by atoms with E-state index in [2.05, 4.69) is 14.2 Å². The molecule has 0 aliphatic carbocycles. The third-order valence-corrected chi connectivity index (χ3v) is 1.16. The molecule has 0 saturated heterocycles. The van der Waals surface area contributed by atoms with Gasteiger partial charge in [0.1, 0.15) is 13.2 Å². The Morgan fingerprint density at radius 1 is 0.800 bits per heavy atom. The number of hydrogen-bond acceptors (Lipinski definition) is 6. The van der Waals surface area contributed by atoms with E-state index in [1.165, 1.54) is 20.8 Å². The van der Waals surface area contributed by atoms with E-state index < -0.39 is 17.9 Å². The molecule has 0 atom stereocenters. The van der Waals surface area contributed by atoms with Crippen molar-refractivity contribution in [2.24, 2.45) is 0 Å². The summed E-state index contributed by atoms with van der Waals surface area (Å²) < 4.78 is 13.9. The van der Waals surface area contributed by atoms with Gasteiger partial charge in [0.15, 0.2) is 0 Å². The summed E-state index contributed by atoms with van der Waals surface area (Å²) in [5.74, 6) is -1.59. The van der Waals surface area contributed by atoms with Gasteiger partial charge in [0.05, 0.1) is 0 Å². The van der Waals surface area contributed by atoms with Crippen LogP contribution in [-0.2, 0) is 28.6 Å². The maximum absolute atomic E-state index is 10.6. The predicted octanol–water partition coefficient (Wildman–Crippen LogP) is 0.208. The molecule has 6 nitrogen and oxygen atoms in total. The molecule has 0 fully saturated rings. The molecular formula is C9H13O6. The Kier molecular flexibility index (Phi) is 6.08. The van der Waals surface area contributed by atoms with Crippen molar-refractivity contribution < 1.29 is 28.6 Å². The molecule has 0 bridgehead atoms. The predicted molar refractivity (Wildman–Crippen MR) is 48.3 cm³/mol. The average molecular weight is 217 g/mol. The van der Waals surface area contributed by atoms with Gasteiger partial charge in [0.25, 0.3) is 0 Å². The van der Waals surface area contributed by atoms with E-state index in [1.807, 2.05) is 0 Å². The standard InChI is InChI=1S/C9H13O6/c1-6(10)13-4-9(15-8(3)12)5-14-7(2)11/h4-5H2,1-3H3. The number of rotatable bonds is 5. The molecule has 0 aliphatic rings. The molecule has 85 valence electrons. The second-order valence-electron chi connectivity index (χ2n) is 2.69. The van der Waals surface area contributed by atoms with Gasteiger partial charge >= 0.3 is 17.9 Å². The van der Waals surface area contributed by atoms with Crippen molar-refractivity contribution in [2.75, 3.05) is 13.2 Å². The molecular weight excluding hydrogens is 204 g/mol. The van der Waals surface area contributed by atoms with E-state index in [-0.39, 0.29) is 19.3 Å². The summed E-state index contributed by atoms with van der Waals surface area (Å²) in [5, 5.41) is 0. The zero-order valence-electron chi connectivity index (χ0n) is 8.86. The second kappa shape index (κ2) is 6.80. The normalized spacial score (nSPS) is 9.60. The third-order valence-electron chi connectivity index (χ3n) is 1.16. The Balaban J connectivity index is 3.99. The number of esters is 3. The van der Waals surface area contributed by atoms with Gasteiger partial charge in [0.2, 0.25) is 6.10 Å². The molecule has 6 heteroatoms. The highest BCUT2D eigenvalue weighted by atomic mass is 16.6. The quantitative estimate of drug-likeness (QED) is 0.483. The zero-order chi connectivity index (χ0) is 11.8. The first-order chi connectivity index (χ1) is 6.91. The summed E-state index contributed by atoms with van der Waals surface area (Å²) in [5.41, 5.74) is 0. The summed E-state index contributed by atoms with van der Waals surface area (Å²) in [6, 6.07) is 0. The highest BCUT2D eigenvalue weighted by Gasteiger charge is 2.17. The average Bonchev–Trinajstić information content (AvgIpc) is 2.08. The van der Waals surface area contributed by atoms with Crippen LogP contribution in [0.4, 0.5) is 0 Å². The van der Waals surface area contributed by atoms with Crippen LogP contribution in [0.5, 0.6) is 0 Å². The third kappa shape index (κ3) is 8.73. The van der Waals surface area contributed by atoms with Crippen LogP contribution in [0.3, 0.4) is 0 Å². The fraction of sp³-hybridized carbons (Fsp3) is 0.556. The van der Waals surface area contributed by atoms with Crippen molar-refractivity contribution in [3.63, 3.8) is 0 Å². The van der Waals surface area contributed by atoms with Crippen LogP contribution >= 0.6 is 0 Å². The minimum atomic E-state index is -0.565. The fourth-order valence-corrected chi connectivity index (χ4v) is 0.668. The van der Waals surface area contributed by atoms with Gasteiger partial charge in [-0.25, -0.2) is 0 Å². The summed E-state index contributed by atoms with van der Waals surface area (Å²) in [7, 11) is 0. The lowest BCUT2D eigenvalue weighted by Crippen LogP contribution is -2.22. The van der Waals surface area contributed by atoms with Crippen molar-refractivity contribution in [1.29, 1.82) is 0 Å². The molecule has 0 unspecified atom stereocenters. The molecule has 0 aromatic heterocycles. The number of carbonyl (C=O) groups is 3. The minimum Gasteiger partial charge on any atom is -0.461 e. The molecule has 0 aromatic rings. The smallest absolute Gasteiger partial charge is 0.303 e. The maximum atomic E-state index is 10.6. The summed E-state index contributed by atoms with van der Waals surface area (Å²) in [6.07, 6.45) is 0.0768. The van der Waals surface area contributed by atoms with Crippen molar-refractivity contribution in [1.82, 2.24) is 0 Å². The summed E-state index contributed by atoms with van der Waals surface area (Å²) >= 11 is 0. The van der Waals surface area contributed by atoms with Crippen molar-refractivity contribution >= 4 is 17.9 Å². The molecule has 0 aromatic carbocycles. The van der Waals surface area contributed by atoms with E-state index in [0.29, 0.717) is 0 Å². The SMILES string of the molecule is CC(=O)OC[C](COC(C)=O)OC(C)=O. The van der Waals surface area contributed by atoms with Gasteiger partial charge in [0, 0.05) is 20.8 Å². The van der Waals surface area contributed by atoms with Crippen LogP contribution in [0.15, 0.2) is 0 Å². The first-order valence-corrected chi connectivity index (χ1v) is 4.21. The first kappa shape index (κ1) is 13.4. The lowest BCUT2D eigenvalue weighted by molar-refractivity contribution is -0.154. The lowest BCUT2D eigenvalue weighted by atomic mass is 10.4. The van der Waals surface area contributed by atoms with Crippen molar-refractivity contribution in [3.05, 3.63) is 6.10 Å². The van der Waals surface area contributed by atoms with Gasteiger partial charge in [-0.1, -0.05) is 0 Å². The molecule has 0 N–H and O–H groups in total. The Hall–Kier alpha value is -1.59. The largest absolute Gasteiger partial charge is 0.461 e. The lowest BCUT2D eigenvalue weighted by Gasteiger charge is -2.14. The van der Waals surface area contributed by atoms with Gasteiger partial charge in [-0.05, 0) is 0 Å². The number of hydrogen-bond donors (Lipinski definition) is 0. The Bertz CT molecular complexity index is 229. The number of carbonyl (C=O) groups excluding carboxylic acids is 3. The van der Waals surface area contributed by atoms with Crippen molar-refractivity contribution in [3.8, 4) is 0 Å². The van der Waals surface area contributed by atoms with Crippen LogP contribution in [0.1, 0.15) is 20.8 Å². The van der Waals surface area contributed by atoms with Crippen molar-refractivity contribution in [2.45, 2.75) is 20.8 Å². The molecule has 0 rings (SSSR count). The molecule has 0 amide bonds. The zero-order valence-corrected chi connectivity index (χ0v) is 8.86. The highest BCUT2D eigenvalue weighted by Crippen LogP contribution is 2.05. The first-order valence-electron chi connectivity index (χ1n) is 4.21. The molecule has 0 spiro atoms. The Labute approximate surface area is 87.5 Å². The van der Waals surface area contributed by atoms with E-state index in [1.54, 1.807) is 0 Å². The maximum Gasteiger partial charge on any atom is 0.303 e. The Morgan fingerprint density at radius 3 is 1.47 bits per heavy atom. The van der Waals surface area contributed by atoms with Gasteiger partial charge in [-0.3, -0.25) is 14.4 Å². The van der Waals surface area contributed by atoms with Gasteiger partial charge in [-0.15, -0.1) is 0 Å². The Morgan fingerprint density at radius 2 is 1.20 bits per heavy atom. The van der Waals surface area contributed by atoms with E-state index >= 15 is 0 Å². The summed E-state index contributed by atoms with van der Waals surface area (Å²) in [4.78, 5) is 31.6. The molecule has 1 radical (unpaired) electrons. The fourth-order valence-electron chi connectivity index (χ4n) is 0.668. The van der Waals surface area contributed by atoms with Crippen LogP contribution < -0.4 is 0 Å². The van der Waals surface area contributed by atoms with E-state index in [9.17, 15) is 14.4 Å². The topological polar surface area (TPSA) is 78.9 Å². The van der Waals surface area contributed by atoms with Gasteiger partial charge in [-0.2, -0.15) is 0 Å². The van der Waals surface area contributed by atoms with Crippen LogP contribution in [-0.4, -0.2) is 31.1 Å². The molecule has 15 heavy (non-hydrogen) atoms. The van der Waals surface area contributed by atoms with Crippen LogP contribution in [0.2, 0.25) is 0 Å². The van der Waals surface area contributed by atoms with E-state index in [4.69, 9.17) is 0 Å². The molecule has 0 aliphatic heterocycles. The van der Waals surface area contributed by atoms with E-state index in [0.717, 1.165) is 0 Å². The number of ether oxygens (including phenoxy) is 3. The monoisotopic (exact) mass is 217 g/mol. The summed E-state index contributed by atoms with van der Waals surface area (Å²) in [6.45, 7) is 3.22. The second-order valence-corrected chi connectivity index (χ2v) is 2.69. The van der Waals surface area contributed by atoms with Gasteiger partial charge < -0.3 is 14.2 Å².